The number of benzene rings is 1. The van der Waals surface area contributed by atoms with Crippen LogP contribution in [0, 0.1) is 22.7 Å². The Morgan fingerprint density at radius 3 is 2.17 bits per heavy atom. The van der Waals surface area contributed by atoms with Gasteiger partial charge in [-0.2, -0.15) is 0 Å². The number of hydrogen-bond acceptors (Lipinski definition) is 4. The van der Waals surface area contributed by atoms with Gasteiger partial charge in [-0.1, -0.05) is 27.2 Å². The van der Waals surface area contributed by atoms with Gasteiger partial charge in [0, 0.05) is 18.9 Å². The second-order valence-electron chi connectivity index (χ2n) is 10.3. The van der Waals surface area contributed by atoms with E-state index >= 15 is 0 Å². The van der Waals surface area contributed by atoms with Crippen molar-refractivity contribution in [3.8, 4) is 11.5 Å². The average Bonchev–Trinajstić information content (AvgIpc) is 2.63. The molecule has 0 saturated heterocycles. The fourth-order valence-corrected chi connectivity index (χ4v) is 6.73. The molecule has 1 aromatic carbocycles. The molecule has 0 aromatic heterocycles. The Labute approximate surface area is 176 Å². The summed E-state index contributed by atoms with van der Waals surface area (Å²) in [5.41, 5.74) is 1.16. The van der Waals surface area contributed by atoms with Crippen molar-refractivity contribution in [1.29, 1.82) is 0 Å². The van der Waals surface area contributed by atoms with Crippen LogP contribution >= 0.6 is 0 Å². The van der Waals surface area contributed by atoms with Crippen molar-refractivity contribution in [1.82, 2.24) is 0 Å². The normalized spacial score (nSPS) is 33.5. The molecule has 1 aromatic rings. The van der Waals surface area contributed by atoms with Gasteiger partial charge in [0.25, 0.3) is 0 Å². The lowest BCUT2D eigenvalue weighted by Gasteiger charge is -2.62. The van der Waals surface area contributed by atoms with E-state index in [1.54, 1.807) is 14.2 Å². The fraction of sp³-hybridized carbons (Fsp3) is 0.720. The van der Waals surface area contributed by atoms with E-state index in [2.05, 4.69) is 39.8 Å². The van der Waals surface area contributed by atoms with Crippen LogP contribution in [0.2, 0.25) is 0 Å². The number of carbonyl (C=O) groups excluding carboxylic acids is 1. The van der Waals surface area contributed by atoms with E-state index in [4.69, 9.17) is 14.2 Å². The number of methoxy groups -OCH3 is 2. The largest absolute Gasteiger partial charge is 0.497 e. The van der Waals surface area contributed by atoms with Crippen LogP contribution in [-0.2, 0) is 16.0 Å². The van der Waals surface area contributed by atoms with Crippen LogP contribution in [0.1, 0.15) is 72.3 Å². The zero-order chi connectivity index (χ0) is 21.4. The molecule has 162 valence electrons. The maximum atomic E-state index is 12.0. The second-order valence-corrected chi connectivity index (χ2v) is 10.3. The summed E-state index contributed by atoms with van der Waals surface area (Å²) in [5, 5.41) is 0. The summed E-state index contributed by atoms with van der Waals surface area (Å²) in [6.07, 6.45) is 6.57. The van der Waals surface area contributed by atoms with E-state index in [0.717, 1.165) is 30.8 Å². The zero-order valence-electron chi connectivity index (χ0n) is 19.3. The molecule has 3 rings (SSSR count). The number of fused-ring (bicyclic) bond motifs is 1. The Morgan fingerprint density at radius 1 is 1.00 bits per heavy atom. The van der Waals surface area contributed by atoms with Crippen LogP contribution in [0.4, 0.5) is 0 Å². The summed E-state index contributed by atoms with van der Waals surface area (Å²) >= 11 is 0. The molecule has 4 heteroatoms. The van der Waals surface area contributed by atoms with Gasteiger partial charge in [0.15, 0.2) is 0 Å². The highest BCUT2D eigenvalue weighted by Crippen LogP contribution is 2.63. The Bertz CT molecular complexity index is 733. The molecular weight excluding hydrogens is 364 g/mol. The molecule has 0 heterocycles. The van der Waals surface area contributed by atoms with Gasteiger partial charge in [-0.25, -0.2) is 0 Å². The van der Waals surface area contributed by atoms with E-state index in [1.165, 1.54) is 31.7 Å². The Balaban J connectivity index is 2.05. The topological polar surface area (TPSA) is 44.8 Å². The van der Waals surface area contributed by atoms with Gasteiger partial charge in [0.1, 0.15) is 17.1 Å². The van der Waals surface area contributed by atoms with Crippen LogP contribution in [-0.4, -0.2) is 25.8 Å². The van der Waals surface area contributed by atoms with E-state index in [-0.39, 0.29) is 17.3 Å². The van der Waals surface area contributed by atoms with Crippen molar-refractivity contribution in [3.05, 3.63) is 23.8 Å². The van der Waals surface area contributed by atoms with Crippen molar-refractivity contribution in [3.63, 3.8) is 0 Å². The first-order valence-corrected chi connectivity index (χ1v) is 11.0. The van der Waals surface area contributed by atoms with Crippen molar-refractivity contribution < 1.29 is 19.0 Å². The first-order chi connectivity index (χ1) is 13.5. The lowest BCUT2D eigenvalue weighted by molar-refractivity contribution is -0.197. The summed E-state index contributed by atoms with van der Waals surface area (Å²) in [6, 6.07) is 6.10. The molecule has 2 aliphatic carbocycles. The minimum atomic E-state index is -0.458. The summed E-state index contributed by atoms with van der Waals surface area (Å²) in [5.74, 6) is 2.29. The summed E-state index contributed by atoms with van der Waals surface area (Å²) in [4.78, 5) is 12.0. The average molecular weight is 403 g/mol. The van der Waals surface area contributed by atoms with Crippen LogP contribution in [0.5, 0.6) is 11.5 Å². The molecular formula is C25H38O4. The molecule has 29 heavy (non-hydrogen) atoms. The van der Waals surface area contributed by atoms with Gasteiger partial charge in [0.05, 0.1) is 14.2 Å². The maximum Gasteiger partial charge on any atom is 0.303 e. The zero-order valence-corrected chi connectivity index (χ0v) is 19.3. The highest BCUT2D eigenvalue weighted by atomic mass is 16.6. The molecule has 0 aliphatic heterocycles. The SMILES string of the molecule is COc1cc(C[C@H]2[C@]3(C)CCCC(C)(C)[C@@H]3CC[C@@]2(C)OC(C)=O)cc(OC)c1. The fourth-order valence-electron chi connectivity index (χ4n) is 6.73. The number of hydrogen-bond donors (Lipinski definition) is 0. The lowest BCUT2D eigenvalue weighted by Crippen LogP contribution is -2.59. The molecule has 2 aliphatic rings. The second kappa shape index (κ2) is 7.85. The van der Waals surface area contributed by atoms with Gasteiger partial charge in [-0.05, 0) is 73.5 Å². The van der Waals surface area contributed by atoms with Crippen LogP contribution < -0.4 is 9.47 Å². The molecule has 0 N–H and O–H groups in total. The first-order valence-electron chi connectivity index (χ1n) is 11.0. The number of carbonyl (C=O) groups is 1. The predicted molar refractivity (Wildman–Crippen MR) is 115 cm³/mol. The summed E-state index contributed by atoms with van der Waals surface area (Å²) in [6.45, 7) is 11.0. The minimum absolute atomic E-state index is 0.126. The number of rotatable bonds is 5. The molecule has 0 unspecified atom stereocenters. The molecule has 4 nitrogen and oxygen atoms in total. The van der Waals surface area contributed by atoms with Crippen molar-refractivity contribution >= 4 is 5.97 Å². The Hall–Kier alpha value is -1.71. The molecule has 0 bridgehead atoms. The van der Waals surface area contributed by atoms with Gasteiger partial charge in [0.2, 0.25) is 0 Å². The molecule has 2 fully saturated rings. The van der Waals surface area contributed by atoms with Crippen molar-refractivity contribution in [2.24, 2.45) is 22.7 Å². The third-order valence-corrected chi connectivity index (χ3v) is 7.97. The summed E-state index contributed by atoms with van der Waals surface area (Å²) in [7, 11) is 3.37. The van der Waals surface area contributed by atoms with Crippen LogP contribution in [0.25, 0.3) is 0 Å². The number of esters is 1. The van der Waals surface area contributed by atoms with Gasteiger partial charge in [-0.3, -0.25) is 4.79 Å². The maximum absolute atomic E-state index is 12.0. The molecule has 0 spiro atoms. The van der Waals surface area contributed by atoms with E-state index in [9.17, 15) is 4.79 Å². The van der Waals surface area contributed by atoms with Gasteiger partial charge < -0.3 is 14.2 Å². The highest BCUT2D eigenvalue weighted by molar-refractivity contribution is 5.66. The lowest BCUT2D eigenvalue weighted by atomic mass is 9.45. The van der Waals surface area contributed by atoms with Crippen LogP contribution in [0.15, 0.2) is 18.2 Å². The minimum Gasteiger partial charge on any atom is -0.497 e. The third-order valence-electron chi connectivity index (χ3n) is 7.97. The summed E-state index contributed by atoms with van der Waals surface area (Å²) < 4.78 is 17.1. The quantitative estimate of drug-likeness (QED) is 0.583. The van der Waals surface area contributed by atoms with Crippen molar-refractivity contribution in [2.45, 2.75) is 78.7 Å². The molecule has 4 atom stereocenters. The molecule has 2 saturated carbocycles. The highest BCUT2D eigenvalue weighted by Gasteiger charge is 2.59. The first kappa shape index (κ1) is 22.0. The standard InChI is InChI=1S/C25H38O4/c1-17(26)29-25(5)12-9-21-23(2,3)10-8-11-24(21,4)22(25)15-18-13-19(27-6)16-20(14-18)28-7/h13-14,16,21-22H,8-12,15H2,1-7H3/t21-,22-,24+,25+/m0/s1. The monoisotopic (exact) mass is 402 g/mol. The molecule has 0 amide bonds. The Kier molecular flexibility index (Phi) is 5.95. The van der Waals surface area contributed by atoms with E-state index in [1.807, 2.05) is 6.07 Å². The van der Waals surface area contributed by atoms with Crippen molar-refractivity contribution in [2.75, 3.05) is 14.2 Å². The predicted octanol–water partition coefficient (Wildman–Crippen LogP) is 5.81. The van der Waals surface area contributed by atoms with Gasteiger partial charge >= 0.3 is 5.97 Å². The smallest absolute Gasteiger partial charge is 0.303 e. The van der Waals surface area contributed by atoms with Gasteiger partial charge in [-0.15, -0.1) is 0 Å². The Morgan fingerprint density at radius 2 is 1.62 bits per heavy atom. The van der Waals surface area contributed by atoms with E-state index < -0.39 is 5.60 Å². The third kappa shape index (κ3) is 4.13. The number of ether oxygens (including phenoxy) is 3. The van der Waals surface area contributed by atoms with E-state index in [0.29, 0.717) is 11.3 Å². The van der Waals surface area contributed by atoms with Crippen LogP contribution in [0.3, 0.4) is 0 Å². The molecule has 0 radical (unpaired) electrons.